The lowest BCUT2D eigenvalue weighted by atomic mass is 10.1. The molecule has 1 aromatic carbocycles. The molecule has 3 nitrogen and oxygen atoms in total. The molecule has 0 spiro atoms. The Kier molecular flexibility index (Phi) is 4.46. The van der Waals surface area contributed by atoms with Crippen molar-refractivity contribution in [1.82, 2.24) is 9.97 Å². The van der Waals surface area contributed by atoms with E-state index in [0.29, 0.717) is 9.26 Å². The minimum atomic E-state index is -4.23. The lowest BCUT2D eigenvalue weighted by molar-refractivity contribution is -0.134. The quantitative estimate of drug-likeness (QED) is 0.807. The number of nitrogens with zero attached hydrogens (tertiary/aromatic N) is 2. The van der Waals surface area contributed by atoms with E-state index in [4.69, 9.17) is 5.73 Å². The number of hydrogen-bond acceptors (Lipinski definition) is 3. The van der Waals surface area contributed by atoms with E-state index in [1.807, 2.05) is 52.9 Å². The lowest BCUT2D eigenvalue weighted by Gasteiger charge is -2.10. The lowest BCUT2D eigenvalue weighted by Crippen LogP contribution is -2.12. The van der Waals surface area contributed by atoms with Gasteiger partial charge in [0, 0.05) is 12.0 Å². The van der Waals surface area contributed by atoms with E-state index in [0.717, 1.165) is 5.56 Å². The largest absolute Gasteiger partial charge is 0.389 e. The van der Waals surface area contributed by atoms with Gasteiger partial charge in [0.1, 0.15) is 11.6 Å². The highest BCUT2D eigenvalue weighted by molar-refractivity contribution is 14.1. The number of hydrogen-bond donors (Lipinski definition) is 1. The molecular formula is C13H11F3IN3. The van der Waals surface area contributed by atoms with Crippen LogP contribution in [0.4, 0.5) is 19.0 Å². The molecule has 7 heteroatoms. The molecular weight excluding hydrogens is 382 g/mol. The number of nitrogens with two attached hydrogens (primary N) is 1. The first-order chi connectivity index (χ1) is 9.37. The molecule has 0 saturated carbocycles. The summed E-state index contributed by atoms with van der Waals surface area (Å²) >= 11 is 2.00. The molecule has 1 aromatic heterocycles. The number of rotatable bonds is 3. The molecule has 20 heavy (non-hydrogen) atoms. The van der Waals surface area contributed by atoms with Crippen molar-refractivity contribution in [2.24, 2.45) is 0 Å². The number of alkyl halides is 3. The van der Waals surface area contributed by atoms with Crippen LogP contribution < -0.4 is 5.73 Å². The van der Waals surface area contributed by atoms with Gasteiger partial charge in [-0.25, -0.2) is 9.97 Å². The van der Waals surface area contributed by atoms with Gasteiger partial charge >= 0.3 is 6.18 Å². The molecule has 0 radical (unpaired) electrons. The zero-order chi connectivity index (χ0) is 14.8. The van der Waals surface area contributed by atoms with Gasteiger partial charge in [-0.15, -0.1) is 0 Å². The molecule has 2 N–H and O–H groups in total. The highest BCUT2D eigenvalue weighted by atomic mass is 127. The van der Waals surface area contributed by atoms with Gasteiger partial charge in [0.25, 0.3) is 0 Å². The van der Waals surface area contributed by atoms with Crippen LogP contribution in [0, 0.1) is 3.57 Å². The molecule has 0 bridgehead atoms. The SMILES string of the molecule is Nc1nc(CCC(F)(F)F)nc(-c2ccccc2)c1I. The Balaban J connectivity index is 2.35. The van der Waals surface area contributed by atoms with Gasteiger partial charge < -0.3 is 5.73 Å². The highest BCUT2D eigenvalue weighted by Gasteiger charge is 2.27. The third kappa shape index (κ3) is 3.81. The monoisotopic (exact) mass is 393 g/mol. The Hall–Kier alpha value is -1.38. The first-order valence-electron chi connectivity index (χ1n) is 5.81. The fourth-order valence-electron chi connectivity index (χ4n) is 1.67. The summed E-state index contributed by atoms with van der Waals surface area (Å²) in [5.74, 6) is 0.315. The Morgan fingerprint density at radius 1 is 1.10 bits per heavy atom. The Morgan fingerprint density at radius 2 is 1.75 bits per heavy atom. The third-order valence-corrected chi connectivity index (χ3v) is 3.67. The maximum Gasteiger partial charge on any atom is 0.389 e. The zero-order valence-corrected chi connectivity index (χ0v) is 12.4. The zero-order valence-electron chi connectivity index (χ0n) is 10.3. The van der Waals surface area contributed by atoms with E-state index in [2.05, 4.69) is 9.97 Å². The van der Waals surface area contributed by atoms with Crippen molar-refractivity contribution >= 4 is 28.4 Å². The summed E-state index contributed by atoms with van der Waals surface area (Å²) in [5, 5.41) is 0. The molecule has 0 fully saturated rings. The van der Waals surface area contributed by atoms with E-state index < -0.39 is 12.6 Å². The number of anilines is 1. The fraction of sp³-hybridized carbons (Fsp3) is 0.231. The van der Waals surface area contributed by atoms with Crippen molar-refractivity contribution in [2.75, 3.05) is 5.73 Å². The summed E-state index contributed by atoms with van der Waals surface area (Å²) in [4.78, 5) is 8.13. The minimum Gasteiger partial charge on any atom is -0.383 e. The maximum absolute atomic E-state index is 12.3. The standard InChI is InChI=1S/C13H11F3IN3/c14-13(15,16)7-6-9-19-11(10(17)12(18)20-9)8-4-2-1-3-5-8/h1-5H,6-7H2,(H2,18,19,20). The van der Waals surface area contributed by atoms with Gasteiger partial charge in [0.15, 0.2) is 0 Å². The Labute approximate surface area is 127 Å². The van der Waals surface area contributed by atoms with Crippen LogP contribution in [0.1, 0.15) is 12.2 Å². The van der Waals surface area contributed by atoms with E-state index >= 15 is 0 Å². The molecule has 106 valence electrons. The van der Waals surface area contributed by atoms with Crippen LogP contribution in [-0.4, -0.2) is 16.1 Å². The first kappa shape index (κ1) is 15.0. The second kappa shape index (κ2) is 5.94. The molecule has 0 amide bonds. The average molecular weight is 393 g/mol. The number of halogens is 4. The predicted octanol–water partition coefficient (Wildman–Crippen LogP) is 3.83. The Bertz CT molecular complexity index is 600. The summed E-state index contributed by atoms with van der Waals surface area (Å²) in [6, 6.07) is 9.18. The van der Waals surface area contributed by atoms with E-state index in [1.54, 1.807) is 0 Å². The van der Waals surface area contributed by atoms with Gasteiger partial charge in [-0.3, -0.25) is 0 Å². The van der Waals surface area contributed by atoms with Crippen LogP contribution in [0.25, 0.3) is 11.3 Å². The van der Waals surface area contributed by atoms with E-state index in [1.165, 1.54) is 0 Å². The maximum atomic E-state index is 12.3. The smallest absolute Gasteiger partial charge is 0.383 e. The normalized spacial score (nSPS) is 11.6. The van der Waals surface area contributed by atoms with E-state index in [9.17, 15) is 13.2 Å². The number of aryl methyl sites for hydroxylation is 1. The molecule has 0 aliphatic carbocycles. The molecule has 0 atom stereocenters. The van der Waals surface area contributed by atoms with Crippen LogP contribution in [0.5, 0.6) is 0 Å². The summed E-state index contributed by atoms with van der Waals surface area (Å²) < 4.78 is 37.4. The van der Waals surface area contributed by atoms with Gasteiger partial charge in [0.05, 0.1) is 15.7 Å². The molecule has 0 saturated heterocycles. The summed E-state index contributed by atoms with van der Waals surface area (Å²) in [6.45, 7) is 0. The summed E-state index contributed by atoms with van der Waals surface area (Å²) in [5.41, 5.74) is 7.13. The number of aromatic nitrogens is 2. The average Bonchev–Trinajstić information content (AvgIpc) is 2.40. The summed E-state index contributed by atoms with van der Waals surface area (Å²) in [7, 11) is 0. The van der Waals surface area contributed by atoms with Crippen LogP contribution in [0.15, 0.2) is 30.3 Å². The van der Waals surface area contributed by atoms with Crippen molar-refractivity contribution in [3.05, 3.63) is 39.7 Å². The molecule has 2 rings (SSSR count). The van der Waals surface area contributed by atoms with Crippen LogP contribution in [0.3, 0.4) is 0 Å². The van der Waals surface area contributed by atoms with Crippen LogP contribution in [-0.2, 0) is 6.42 Å². The number of benzene rings is 1. The Morgan fingerprint density at radius 3 is 2.35 bits per heavy atom. The van der Waals surface area contributed by atoms with Crippen LogP contribution in [0.2, 0.25) is 0 Å². The second-order valence-electron chi connectivity index (χ2n) is 4.17. The van der Waals surface area contributed by atoms with Gasteiger partial charge in [0.2, 0.25) is 0 Å². The molecule has 0 aliphatic rings. The van der Waals surface area contributed by atoms with Crippen LogP contribution >= 0.6 is 22.6 Å². The fourth-order valence-corrected chi connectivity index (χ4v) is 2.22. The molecule has 0 aliphatic heterocycles. The predicted molar refractivity (Wildman–Crippen MR) is 79.0 cm³/mol. The highest BCUT2D eigenvalue weighted by Crippen LogP contribution is 2.28. The third-order valence-electron chi connectivity index (χ3n) is 2.60. The van der Waals surface area contributed by atoms with Crippen molar-refractivity contribution in [2.45, 2.75) is 19.0 Å². The van der Waals surface area contributed by atoms with Gasteiger partial charge in [-0.2, -0.15) is 13.2 Å². The summed E-state index contributed by atoms with van der Waals surface area (Å²) in [6.07, 6.45) is -5.46. The second-order valence-corrected chi connectivity index (χ2v) is 5.25. The molecule has 0 unspecified atom stereocenters. The minimum absolute atomic E-state index is 0.110. The molecule has 1 heterocycles. The number of nitrogen functional groups attached to an aromatic ring is 1. The van der Waals surface area contributed by atoms with Gasteiger partial charge in [-0.1, -0.05) is 30.3 Å². The van der Waals surface area contributed by atoms with Gasteiger partial charge in [-0.05, 0) is 22.6 Å². The van der Waals surface area contributed by atoms with Crippen molar-refractivity contribution in [3.8, 4) is 11.3 Å². The van der Waals surface area contributed by atoms with Crippen molar-refractivity contribution in [3.63, 3.8) is 0 Å². The topological polar surface area (TPSA) is 51.8 Å². The van der Waals surface area contributed by atoms with E-state index in [-0.39, 0.29) is 18.1 Å². The van der Waals surface area contributed by atoms with Crippen molar-refractivity contribution < 1.29 is 13.2 Å². The molecule has 2 aromatic rings. The first-order valence-corrected chi connectivity index (χ1v) is 6.89. The van der Waals surface area contributed by atoms with Crippen molar-refractivity contribution in [1.29, 1.82) is 0 Å².